The van der Waals surface area contributed by atoms with E-state index in [9.17, 15) is 14.4 Å². The minimum atomic E-state index is -0.309. The van der Waals surface area contributed by atoms with Crippen LogP contribution in [0, 0.1) is 5.92 Å². The van der Waals surface area contributed by atoms with Crippen molar-refractivity contribution < 1.29 is 14.4 Å². The van der Waals surface area contributed by atoms with Crippen LogP contribution in [-0.4, -0.2) is 54.3 Å². The molecule has 1 fully saturated rings. The Balaban J connectivity index is 1.53. The van der Waals surface area contributed by atoms with Gasteiger partial charge in [-0.15, -0.1) is 0 Å². The fourth-order valence-corrected chi connectivity index (χ4v) is 3.83. The van der Waals surface area contributed by atoms with Crippen molar-refractivity contribution in [1.82, 2.24) is 9.80 Å². The van der Waals surface area contributed by atoms with Gasteiger partial charge in [0, 0.05) is 31.5 Å². The first-order valence-electron chi connectivity index (χ1n) is 10.7. The lowest BCUT2D eigenvalue weighted by Crippen LogP contribution is -2.48. The molecule has 3 rings (SSSR count). The minimum Gasteiger partial charge on any atom is -0.336 e. The lowest BCUT2D eigenvalue weighted by molar-refractivity contribution is -0.138. The molecule has 1 saturated heterocycles. The predicted octanol–water partition coefficient (Wildman–Crippen LogP) is 3.59. The highest BCUT2D eigenvalue weighted by molar-refractivity contribution is 5.95. The highest BCUT2D eigenvalue weighted by Gasteiger charge is 2.30. The van der Waals surface area contributed by atoms with Crippen LogP contribution in [0.3, 0.4) is 0 Å². The van der Waals surface area contributed by atoms with Crippen molar-refractivity contribution in [3.8, 4) is 0 Å². The van der Waals surface area contributed by atoms with E-state index in [4.69, 9.17) is 0 Å². The quantitative estimate of drug-likeness (QED) is 0.746. The number of hydrogen-bond donors (Lipinski definition) is 2. The normalized spacial score (nSPS) is 15.8. The molecule has 1 heterocycles. The maximum absolute atomic E-state index is 12.9. The number of nitrogens with zero attached hydrogens (tertiary/aromatic N) is 2. The second-order valence-electron chi connectivity index (χ2n) is 7.83. The van der Waals surface area contributed by atoms with Crippen molar-refractivity contribution in [2.45, 2.75) is 26.2 Å². The first kappa shape index (κ1) is 22.3. The van der Waals surface area contributed by atoms with Crippen LogP contribution in [-0.2, 0) is 16.0 Å². The second-order valence-corrected chi connectivity index (χ2v) is 7.83. The van der Waals surface area contributed by atoms with Crippen molar-refractivity contribution in [3.05, 3.63) is 60.2 Å². The summed E-state index contributed by atoms with van der Waals surface area (Å²) in [5, 5.41) is 5.77. The number of likely N-dealkylation sites (N-methyl/N-ethyl adjacent to an activating group) is 1. The molecule has 4 amide bonds. The van der Waals surface area contributed by atoms with Gasteiger partial charge >= 0.3 is 6.03 Å². The van der Waals surface area contributed by atoms with Gasteiger partial charge in [-0.3, -0.25) is 9.59 Å². The summed E-state index contributed by atoms with van der Waals surface area (Å²) in [5.41, 5.74) is 2.55. The Kier molecular flexibility index (Phi) is 7.65. The number of hydrogen-bond acceptors (Lipinski definition) is 3. The molecule has 2 aromatic rings. The number of benzene rings is 2. The molecule has 7 nitrogen and oxygen atoms in total. The zero-order valence-electron chi connectivity index (χ0n) is 18.1. The zero-order chi connectivity index (χ0) is 22.2. The number of likely N-dealkylation sites (tertiary alicyclic amines) is 1. The van der Waals surface area contributed by atoms with Gasteiger partial charge in [0.05, 0.1) is 12.5 Å². The molecule has 1 atom stereocenters. The Morgan fingerprint density at radius 2 is 1.74 bits per heavy atom. The third-order valence-electron chi connectivity index (χ3n) is 5.51. The smallest absolute Gasteiger partial charge is 0.321 e. The van der Waals surface area contributed by atoms with Gasteiger partial charge in [-0.1, -0.05) is 43.3 Å². The summed E-state index contributed by atoms with van der Waals surface area (Å²) in [5.74, 6) is -0.654. The number of nitrogens with one attached hydrogen (secondary N) is 2. The molecule has 0 bridgehead atoms. The summed E-state index contributed by atoms with van der Waals surface area (Å²) in [6.45, 7) is 2.97. The first-order chi connectivity index (χ1) is 15.0. The van der Waals surface area contributed by atoms with Gasteiger partial charge in [0.15, 0.2) is 0 Å². The van der Waals surface area contributed by atoms with Crippen LogP contribution >= 0.6 is 0 Å². The molecule has 2 N–H and O–H groups in total. The summed E-state index contributed by atoms with van der Waals surface area (Å²) in [7, 11) is 1.64. The van der Waals surface area contributed by atoms with E-state index in [2.05, 4.69) is 10.6 Å². The monoisotopic (exact) mass is 422 g/mol. The Morgan fingerprint density at radius 1 is 1.03 bits per heavy atom. The Hall–Kier alpha value is -3.35. The number of rotatable bonds is 6. The van der Waals surface area contributed by atoms with Gasteiger partial charge in [0.25, 0.3) is 0 Å². The van der Waals surface area contributed by atoms with Gasteiger partial charge in [-0.25, -0.2) is 4.79 Å². The fourth-order valence-electron chi connectivity index (χ4n) is 3.83. The summed E-state index contributed by atoms with van der Waals surface area (Å²) in [4.78, 5) is 41.1. The number of para-hydroxylation sites is 2. The summed E-state index contributed by atoms with van der Waals surface area (Å²) in [6.07, 6.45) is 2.27. The van der Waals surface area contributed by atoms with Crippen LogP contribution < -0.4 is 10.6 Å². The van der Waals surface area contributed by atoms with Crippen LogP contribution in [0.25, 0.3) is 0 Å². The molecule has 2 aromatic carbocycles. The van der Waals surface area contributed by atoms with Crippen LogP contribution in [0.1, 0.15) is 25.3 Å². The van der Waals surface area contributed by atoms with E-state index < -0.39 is 0 Å². The Morgan fingerprint density at radius 3 is 2.48 bits per heavy atom. The number of aryl methyl sites for hydroxylation is 1. The highest BCUT2D eigenvalue weighted by Crippen LogP contribution is 2.20. The molecule has 0 saturated carbocycles. The maximum atomic E-state index is 12.9. The topological polar surface area (TPSA) is 81.8 Å². The number of carbonyl (C=O) groups is 3. The summed E-state index contributed by atoms with van der Waals surface area (Å²) in [6, 6.07) is 16.7. The minimum absolute atomic E-state index is 0.0242. The van der Waals surface area contributed by atoms with Gasteiger partial charge in [-0.05, 0) is 43.0 Å². The maximum Gasteiger partial charge on any atom is 0.321 e. The molecule has 1 aliphatic heterocycles. The van der Waals surface area contributed by atoms with Crippen LogP contribution in [0.2, 0.25) is 0 Å². The van der Waals surface area contributed by atoms with Gasteiger partial charge in [-0.2, -0.15) is 0 Å². The van der Waals surface area contributed by atoms with Crippen molar-refractivity contribution in [2.24, 2.45) is 5.92 Å². The first-order valence-corrected chi connectivity index (χ1v) is 10.7. The number of urea groups is 1. The Labute approximate surface area is 183 Å². The lowest BCUT2D eigenvalue weighted by atomic mass is 9.97. The molecule has 0 aliphatic carbocycles. The fraction of sp³-hybridized carbons (Fsp3) is 0.375. The van der Waals surface area contributed by atoms with E-state index in [1.54, 1.807) is 11.9 Å². The molecule has 1 aliphatic rings. The molecule has 0 aromatic heterocycles. The molecule has 0 radical (unpaired) electrons. The van der Waals surface area contributed by atoms with E-state index in [0.29, 0.717) is 19.5 Å². The van der Waals surface area contributed by atoms with E-state index in [0.717, 1.165) is 29.8 Å². The summed E-state index contributed by atoms with van der Waals surface area (Å²) < 4.78 is 0. The second kappa shape index (κ2) is 10.6. The van der Waals surface area contributed by atoms with Crippen molar-refractivity contribution >= 4 is 29.2 Å². The average Bonchev–Trinajstić information content (AvgIpc) is 2.79. The van der Waals surface area contributed by atoms with E-state index >= 15 is 0 Å². The van der Waals surface area contributed by atoms with Crippen LogP contribution in [0.4, 0.5) is 16.2 Å². The number of piperidine rings is 1. The van der Waals surface area contributed by atoms with Crippen molar-refractivity contribution in [1.29, 1.82) is 0 Å². The standard InChI is InChI=1S/C24H30N4O3/c1-3-18-10-7-8-14-21(18)26-22(29)17-27(2)23(30)19-11-9-15-28(16-19)24(31)25-20-12-5-4-6-13-20/h4-8,10,12-14,19H,3,9,11,15-17H2,1-2H3,(H,25,31)(H,26,29)/t19-/m0/s1. The van der Waals surface area contributed by atoms with Crippen molar-refractivity contribution in [2.75, 3.05) is 37.3 Å². The molecule has 0 unspecified atom stereocenters. The van der Waals surface area contributed by atoms with Crippen molar-refractivity contribution in [3.63, 3.8) is 0 Å². The SMILES string of the molecule is CCc1ccccc1NC(=O)CN(C)C(=O)[C@H]1CCCN(C(=O)Nc2ccccc2)C1. The van der Waals surface area contributed by atoms with E-state index in [1.165, 1.54) is 4.90 Å². The third kappa shape index (κ3) is 6.07. The third-order valence-corrected chi connectivity index (χ3v) is 5.51. The predicted molar refractivity (Wildman–Crippen MR) is 122 cm³/mol. The molecule has 164 valence electrons. The van der Waals surface area contributed by atoms with Gasteiger partial charge in [0.1, 0.15) is 0 Å². The van der Waals surface area contributed by atoms with Gasteiger partial charge < -0.3 is 20.4 Å². The molecular weight excluding hydrogens is 392 g/mol. The molecule has 31 heavy (non-hydrogen) atoms. The van der Waals surface area contributed by atoms with Gasteiger partial charge in [0.2, 0.25) is 11.8 Å². The number of anilines is 2. The number of carbonyl (C=O) groups excluding carboxylic acids is 3. The molecular formula is C24H30N4O3. The Bertz CT molecular complexity index is 916. The summed E-state index contributed by atoms with van der Waals surface area (Å²) >= 11 is 0. The molecule has 7 heteroatoms. The average molecular weight is 423 g/mol. The number of amides is 4. The zero-order valence-corrected chi connectivity index (χ0v) is 18.1. The largest absolute Gasteiger partial charge is 0.336 e. The van der Waals surface area contributed by atoms with E-state index in [-0.39, 0.29) is 30.3 Å². The lowest BCUT2D eigenvalue weighted by Gasteiger charge is -2.33. The van der Waals surface area contributed by atoms with Crippen LogP contribution in [0.15, 0.2) is 54.6 Å². The molecule has 0 spiro atoms. The van der Waals surface area contributed by atoms with E-state index in [1.807, 2.05) is 61.5 Å². The highest BCUT2D eigenvalue weighted by atomic mass is 16.2. The van der Waals surface area contributed by atoms with Crippen LogP contribution in [0.5, 0.6) is 0 Å².